The summed E-state index contributed by atoms with van der Waals surface area (Å²) in [5, 5.41) is 7.65. The molecular formula is C18H34N2O2. The van der Waals surface area contributed by atoms with Crippen molar-refractivity contribution in [1.29, 1.82) is 0 Å². The minimum Gasteiger partial charge on any atom is -0.385 e. The number of rotatable bonds is 7. The summed E-state index contributed by atoms with van der Waals surface area (Å²) in [6.07, 6.45) is 10.8. The zero-order chi connectivity index (χ0) is 15.3. The molecule has 0 spiro atoms. The summed E-state index contributed by atoms with van der Waals surface area (Å²) in [5.41, 5.74) is 0.500. The predicted octanol–water partition coefficient (Wildman–Crippen LogP) is 2.33. The zero-order valence-corrected chi connectivity index (χ0v) is 14.2. The number of hydrogen-bond donors (Lipinski definition) is 2. The van der Waals surface area contributed by atoms with Crippen molar-refractivity contribution in [1.82, 2.24) is 10.6 Å². The smallest absolute Gasteiger partial charge is 0.0623 e. The molecule has 128 valence electrons. The van der Waals surface area contributed by atoms with Crippen molar-refractivity contribution in [2.45, 2.75) is 63.5 Å². The molecule has 2 N–H and O–H groups in total. The summed E-state index contributed by atoms with van der Waals surface area (Å²) < 4.78 is 11.0. The lowest BCUT2D eigenvalue weighted by atomic mass is 9.82. The fourth-order valence-corrected chi connectivity index (χ4v) is 4.89. The van der Waals surface area contributed by atoms with Crippen LogP contribution in [-0.4, -0.2) is 52.1 Å². The van der Waals surface area contributed by atoms with Gasteiger partial charge in [0.05, 0.1) is 13.2 Å². The summed E-state index contributed by atoms with van der Waals surface area (Å²) in [6, 6.07) is 1.24. The van der Waals surface area contributed by atoms with E-state index in [4.69, 9.17) is 9.47 Å². The Morgan fingerprint density at radius 3 is 2.82 bits per heavy atom. The van der Waals surface area contributed by atoms with E-state index in [1.54, 1.807) is 0 Å². The van der Waals surface area contributed by atoms with Gasteiger partial charge in [0.25, 0.3) is 0 Å². The molecule has 0 amide bonds. The molecule has 0 bridgehead atoms. The van der Waals surface area contributed by atoms with Crippen LogP contribution in [0.1, 0.15) is 51.4 Å². The number of ether oxygens (including phenoxy) is 2. The first-order chi connectivity index (χ1) is 10.8. The summed E-state index contributed by atoms with van der Waals surface area (Å²) in [6.45, 7) is 4.89. The SMILES string of the molecule is COCCC1(CNC2CCCC2C2COCCN2)CCCC1. The fourth-order valence-electron chi connectivity index (χ4n) is 4.89. The van der Waals surface area contributed by atoms with Gasteiger partial charge < -0.3 is 20.1 Å². The fraction of sp³-hybridized carbons (Fsp3) is 1.00. The van der Waals surface area contributed by atoms with Gasteiger partial charge in [0.2, 0.25) is 0 Å². The molecule has 0 radical (unpaired) electrons. The van der Waals surface area contributed by atoms with Crippen molar-refractivity contribution in [3.63, 3.8) is 0 Å². The minimum absolute atomic E-state index is 0.500. The molecular weight excluding hydrogens is 276 g/mol. The van der Waals surface area contributed by atoms with Gasteiger partial charge in [-0.2, -0.15) is 0 Å². The normalized spacial score (nSPS) is 35.0. The first-order valence-corrected chi connectivity index (χ1v) is 9.36. The molecule has 2 aliphatic carbocycles. The Morgan fingerprint density at radius 1 is 1.23 bits per heavy atom. The van der Waals surface area contributed by atoms with Crippen molar-refractivity contribution < 1.29 is 9.47 Å². The minimum atomic E-state index is 0.500. The molecule has 3 atom stereocenters. The molecule has 3 rings (SSSR count). The van der Waals surface area contributed by atoms with E-state index in [2.05, 4.69) is 10.6 Å². The second-order valence-electron chi connectivity index (χ2n) is 7.67. The molecule has 2 saturated carbocycles. The summed E-state index contributed by atoms with van der Waals surface area (Å²) in [4.78, 5) is 0. The van der Waals surface area contributed by atoms with Crippen LogP contribution in [0.25, 0.3) is 0 Å². The number of methoxy groups -OCH3 is 1. The maximum atomic E-state index is 5.69. The topological polar surface area (TPSA) is 42.5 Å². The molecule has 0 aromatic carbocycles. The van der Waals surface area contributed by atoms with Crippen LogP contribution < -0.4 is 10.6 Å². The monoisotopic (exact) mass is 310 g/mol. The Balaban J connectivity index is 1.52. The van der Waals surface area contributed by atoms with Crippen molar-refractivity contribution >= 4 is 0 Å². The molecule has 3 unspecified atom stereocenters. The molecule has 22 heavy (non-hydrogen) atoms. The number of nitrogens with one attached hydrogen (secondary N) is 2. The molecule has 4 heteroatoms. The van der Waals surface area contributed by atoms with Crippen LogP contribution in [0.3, 0.4) is 0 Å². The van der Waals surface area contributed by atoms with Gasteiger partial charge in [-0.15, -0.1) is 0 Å². The highest BCUT2D eigenvalue weighted by Gasteiger charge is 2.38. The summed E-state index contributed by atoms with van der Waals surface area (Å²) >= 11 is 0. The van der Waals surface area contributed by atoms with Gasteiger partial charge in [0.1, 0.15) is 0 Å². The summed E-state index contributed by atoms with van der Waals surface area (Å²) in [7, 11) is 1.83. The standard InChI is InChI=1S/C18H34N2O2/c1-21-11-9-18(7-2-3-8-18)14-20-16-6-4-5-15(16)17-13-22-12-10-19-17/h15-17,19-20H,2-14H2,1H3. The van der Waals surface area contributed by atoms with E-state index >= 15 is 0 Å². The molecule has 4 nitrogen and oxygen atoms in total. The highest BCUT2D eigenvalue weighted by Crippen LogP contribution is 2.41. The Morgan fingerprint density at radius 2 is 2.09 bits per heavy atom. The van der Waals surface area contributed by atoms with E-state index in [9.17, 15) is 0 Å². The highest BCUT2D eigenvalue weighted by atomic mass is 16.5. The summed E-state index contributed by atoms with van der Waals surface area (Å²) in [5.74, 6) is 0.751. The average Bonchev–Trinajstić information content (AvgIpc) is 3.22. The van der Waals surface area contributed by atoms with Crippen LogP contribution in [0.2, 0.25) is 0 Å². The van der Waals surface area contributed by atoms with E-state index in [0.717, 1.165) is 32.3 Å². The van der Waals surface area contributed by atoms with Crippen LogP contribution in [0.15, 0.2) is 0 Å². The van der Waals surface area contributed by atoms with Gasteiger partial charge in [-0.1, -0.05) is 19.3 Å². The highest BCUT2D eigenvalue weighted by molar-refractivity contribution is 4.94. The van der Waals surface area contributed by atoms with E-state index in [0.29, 0.717) is 17.5 Å². The van der Waals surface area contributed by atoms with Crippen molar-refractivity contribution in [2.24, 2.45) is 11.3 Å². The van der Waals surface area contributed by atoms with Crippen molar-refractivity contribution in [3.05, 3.63) is 0 Å². The first kappa shape index (κ1) is 16.7. The molecule has 1 aliphatic heterocycles. The Bertz CT molecular complexity index is 325. The van der Waals surface area contributed by atoms with Gasteiger partial charge >= 0.3 is 0 Å². The lowest BCUT2D eigenvalue weighted by Gasteiger charge is -2.36. The van der Waals surface area contributed by atoms with Crippen LogP contribution in [-0.2, 0) is 9.47 Å². The molecule has 1 heterocycles. The molecule has 3 fully saturated rings. The van der Waals surface area contributed by atoms with E-state index in [1.165, 1.54) is 57.9 Å². The van der Waals surface area contributed by atoms with Crippen molar-refractivity contribution in [2.75, 3.05) is 40.0 Å². The van der Waals surface area contributed by atoms with E-state index < -0.39 is 0 Å². The average molecular weight is 310 g/mol. The third-order valence-electron chi connectivity index (χ3n) is 6.28. The lowest BCUT2D eigenvalue weighted by Crippen LogP contribution is -2.52. The third kappa shape index (κ3) is 4.02. The van der Waals surface area contributed by atoms with Gasteiger partial charge in [-0.3, -0.25) is 0 Å². The van der Waals surface area contributed by atoms with Gasteiger partial charge in [-0.05, 0) is 43.4 Å². The number of morpholine rings is 1. The van der Waals surface area contributed by atoms with Crippen LogP contribution in [0.5, 0.6) is 0 Å². The second kappa shape index (κ2) is 8.09. The molecule has 0 aromatic rings. The third-order valence-corrected chi connectivity index (χ3v) is 6.28. The second-order valence-corrected chi connectivity index (χ2v) is 7.67. The zero-order valence-electron chi connectivity index (χ0n) is 14.2. The Hall–Kier alpha value is -0.160. The molecule has 0 aromatic heterocycles. The largest absolute Gasteiger partial charge is 0.385 e. The van der Waals surface area contributed by atoms with E-state index in [1.807, 2.05) is 7.11 Å². The predicted molar refractivity (Wildman–Crippen MR) is 89.1 cm³/mol. The molecule has 3 aliphatic rings. The van der Waals surface area contributed by atoms with Crippen LogP contribution >= 0.6 is 0 Å². The van der Waals surface area contributed by atoms with Crippen LogP contribution in [0, 0.1) is 11.3 Å². The van der Waals surface area contributed by atoms with Crippen LogP contribution in [0.4, 0.5) is 0 Å². The van der Waals surface area contributed by atoms with Gasteiger partial charge in [0, 0.05) is 38.9 Å². The quantitative estimate of drug-likeness (QED) is 0.757. The van der Waals surface area contributed by atoms with Gasteiger partial charge in [0.15, 0.2) is 0 Å². The number of hydrogen-bond acceptors (Lipinski definition) is 4. The Kier molecular flexibility index (Phi) is 6.14. The Labute approximate surface area is 135 Å². The molecule has 1 saturated heterocycles. The maximum Gasteiger partial charge on any atom is 0.0623 e. The first-order valence-electron chi connectivity index (χ1n) is 9.36. The van der Waals surface area contributed by atoms with Gasteiger partial charge in [-0.25, -0.2) is 0 Å². The lowest BCUT2D eigenvalue weighted by molar-refractivity contribution is 0.0509. The van der Waals surface area contributed by atoms with E-state index in [-0.39, 0.29) is 0 Å². The van der Waals surface area contributed by atoms with Crippen molar-refractivity contribution in [3.8, 4) is 0 Å². The maximum absolute atomic E-state index is 5.69.